The molecular formula is C2H7KO8Si. The van der Waals surface area contributed by atoms with Gasteiger partial charge in [0.05, 0.1) is 0 Å². The molecule has 12 heavy (non-hydrogen) atoms. The van der Waals surface area contributed by atoms with Crippen LogP contribution in [0.25, 0.3) is 0 Å². The fourth-order valence-corrected chi connectivity index (χ4v) is 0. The van der Waals surface area contributed by atoms with Gasteiger partial charge in [0.1, 0.15) is 0 Å². The van der Waals surface area contributed by atoms with Crippen molar-refractivity contribution in [2.24, 2.45) is 0 Å². The number of rotatable bonds is 0. The summed E-state index contributed by atoms with van der Waals surface area (Å²) < 4.78 is 0. The van der Waals surface area contributed by atoms with Crippen molar-refractivity contribution in [3.05, 3.63) is 0 Å². The first-order valence-electron chi connectivity index (χ1n) is 2.00. The molecule has 0 rings (SSSR count). The number of carbonyl (C=O) groups is 2. The molecule has 0 aliphatic carbocycles. The van der Waals surface area contributed by atoms with Crippen molar-refractivity contribution in [1.29, 1.82) is 0 Å². The van der Waals surface area contributed by atoms with E-state index in [9.17, 15) is 0 Å². The van der Waals surface area contributed by atoms with E-state index >= 15 is 0 Å². The topological polar surface area (TPSA) is 156 Å². The first-order chi connectivity index (χ1) is 4.64. The standard InChI is InChI=1S/C2H2O4.K.H4O4Si.H/c3-1(4)2(5)6;;1-5(2,3)4;/h(H,3,4)(H,5,6);;1-4H;. The molecule has 0 heterocycles. The van der Waals surface area contributed by atoms with Crippen molar-refractivity contribution in [1.82, 2.24) is 0 Å². The van der Waals surface area contributed by atoms with E-state index in [1.54, 1.807) is 0 Å². The van der Waals surface area contributed by atoms with Crippen LogP contribution in [-0.4, -0.2) is 102 Å². The normalized spacial score (nSPS) is 8.67. The van der Waals surface area contributed by atoms with Gasteiger partial charge in [-0.3, -0.25) is 0 Å². The number of carboxylic acids is 2. The van der Waals surface area contributed by atoms with Crippen LogP contribution in [0.2, 0.25) is 0 Å². The summed E-state index contributed by atoms with van der Waals surface area (Å²) in [6, 6.07) is 0. The van der Waals surface area contributed by atoms with Crippen molar-refractivity contribution in [2.45, 2.75) is 0 Å². The van der Waals surface area contributed by atoms with Gasteiger partial charge in [0.25, 0.3) is 0 Å². The van der Waals surface area contributed by atoms with Crippen LogP contribution in [0.5, 0.6) is 0 Å². The Morgan fingerprint density at radius 2 is 0.917 bits per heavy atom. The first-order valence-corrected chi connectivity index (χ1v) is 3.79. The molecule has 0 aromatic carbocycles. The van der Waals surface area contributed by atoms with Crippen LogP contribution >= 0.6 is 0 Å². The first kappa shape index (κ1) is 18.4. The number of hydrogen-bond donors (Lipinski definition) is 6. The Labute approximate surface area is 110 Å². The summed E-state index contributed by atoms with van der Waals surface area (Å²) in [5, 5.41) is 14.8. The van der Waals surface area contributed by atoms with Crippen molar-refractivity contribution >= 4 is 72.4 Å². The molecule has 0 bridgehead atoms. The van der Waals surface area contributed by atoms with Gasteiger partial charge < -0.3 is 29.4 Å². The molecule has 0 spiro atoms. The van der Waals surface area contributed by atoms with E-state index in [0.717, 1.165) is 0 Å². The van der Waals surface area contributed by atoms with Gasteiger partial charge in [-0.1, -0.05) is 0 Å². The van der Waals surface area contributed by atoms with E-state index in [1.165, 1.54) is 0 Å². The summed E-state index contributed by atoms with van der Waals surface area (Å²) in [5.41, 5.74) is 0. The molecule has 68 valence electrons. The predicted octanol–water partition coefficient (Wildman–Crippen LogP) is -4.10. The Kier molecular flexibility index (Phi) is 12.7. The minimum atomic E-state index is -4.61. The molecule has 0 aromatic heterocycles. The van der Waals surface area contributed by atoms with Crippen LogP contribution in [0.3, 0.4) is 0 Å². The summed E-state index contributed by atoms with van der Waals surface area (Å²) in [4.78, 5) is 47.5. The molecule has 0 saturated carbocycles. The predicted molar refractivity (Wildman–Crippen MR) is 37.0 cm³/mol. The summed E-state index contributed by atoms with van der Waals surface area (Å²) in [5.74, 6) is -3.65. The van der Waals surface area contributed by atoms with E-state index in [-0.39, 0.29) is 51.4 Å². The summed E-state index contributed by atoms with van der Waals surface area (Å²) in [7, 11) is -4.61. The quantitative estimate of drug-likeness (QED) is 0.180. The molecule has 6 N–H and O–H groups in total. The van der Waals surface area contributed by atoms with Crippen molar-refractivity contribution in [3.8, 4) is 0 Å². The van der Waals surface area contributed by atoms with E-state index in [1.807, 2.05) is 0 Å². The van der Waals surface area contributed by atoms with Gasteiger partial charge in [-0.05, 0) is 0 Å². The molecule has 0 radical (unpaired) electrons. The molecule has 0 saturated heterocycles. The average Bonchev–Trinajstić information content (AvgIpc) is 1.59. The molecule has 0 amide bonds. The van der Waals surface area contributed by atoms with Gasteiger partial charge in [0, 0.05) is 0 Å². The molecular weight excluding hydrogens is 219 g/mol. The monoisotopic (exact) mass is 226 g/mol. The van der Waals surface area contributed by atoms with Crippen LogP contribution < -0.4 is 0 Å². The van der Waals surface area contributed by atoms with Gasteiger partial charge >= 0.3 is 72.4 Å². The Hall–Kier alpha value is 0.633. The maximum absolute atomic E-state index is 9.10. The zero-order valence-electron chi connectivity index (χ0n) is 5.00. The summed E-state index contributed by atoms with van der Waals surface area (Å²) >= 11 is 0. The second-order valence-corrected chi connectivity index (χ2v) is 2.41. The van der Waals surface area contributed by atoms with Gasteiger partial charge in [-0.2, -0.15) is 0 Å². The Morgan fingerprint density at radius 3 is 0.917 bits per heavy atom. The second-order valence-electron chi connectivity index (χ2n) is 1.21. The summed E-state index contributed by atoms with van der Waals surface area (Å²) in [6.45, 7) is 0. The van der Waals surface area contributed by atoms with E-state index in [4.69, 9.17) is 39.0 Å². The fraction of sp³-hybridized carbons (Fsp3) is 0. The van der Waals surface area contributed by atoms with Crippen LogP contribution in [0, 0.1) is 0 Å². The number of carboxylic acid groups (broad SMARTS) is 2. The average molecular weight is 226 g/mol. The van der Waals surface area contributed by atoms with Crippen LogP contribution in [0.15, 0.2) is 0 Å². The molecule has 0 fully saturated rings. The maximum atomic E-state index is 9.10. The zero-order chi connectivity index (χ0) is 9.65. The van der Waals surface area contributed by atoms with Gasteiger partial charge in [-0.15, -0.1) is 0 Å². The molecule has 0 unspecified atom stereocenters. The molecule has 0 atom stereocenters. The number of hydrogen-bond acceptors (Lipinski definition) is 6. The summed E-state index contributed by atoms with van der Waals surface area (Å²) in [6.07, 6.45) is 0. The molecule has 10 heteroatoms. The van der Waals surface area contributed by atoms with Crippen molar-refractivity contribution in [3.63, 3.8) is 0 Å². The Bertz CT molecular complexity index is 132. The van der Waals surface area contributed by atoms with E-state index in [0.29, 0.717) is 0 Å². The Morgan fingerprint density at radius 1 is 0.833 bits per heavy atom. The minimum absolute atomic E-state index is 0. The fourth-order valence-electron chi connectivity index (χ4n) is 0. The third-order valence-electron chi connectivity index (χ3n) is 0.183. The number of aliphatic carboxylic acids is 2. The van der Waals surface area contributed by atoms with Crippen LogP contribution in [0.4, 0.5) is 0 Å². The van der Waals surface area contributed by atoms with Crippen molar-refractivity contribution < 1.29 is 39.0 Å². The molecule has 0 aromatic rings. The zero-order valence-corrected chi connectivity index (χ0v) is 6.00. The third kappa shape index (κ3) is 46.0. The molecule has 0 aliphatic heterocycles. The van der Waals surface area contributed by atoms with E-state index < -0.39 is 21.0 Å². The Balaban J connectivity index is -0.000000126. The van der Waals surface area contributed by atoms with Crippen molar-refractivity contribution in [2.75, 3.05) is 0 Å². The van der Waals surface area contributed by atoms with Crippen LogP contribution in [0.1, 0.15) is 0 Å². The van der Waals surface area contributed by atoms with E-state index in [2.05, 4.69) is 0 Å². The molecule has 0 aliphatic rings. The third-order valence-corrected chi connectivity index (χ3v) is 0.183. The van der Waals surface area contributed by atoms with Gasteiger partial charge in [0.2, 0.25) is 0 Å². The van der Waals surface area contributed by atoms with Gasteiger partial charge in [-0.25, -0.2) is 9.59 Å². The van der Waals surface area contributed by atoms with Crippen LogP contribution in [-0.2, 0) is 9.59 Å². The second kappa shape index (κ2) is 8.24. The van der Waals surface area contributed by atoms with Gasteiger partial charge in [0.15, 0.2) is 0 Å². The molecule has 8 nitrogen and oxygen atoms in total. The SMILES string of the molecule is O=C(O)C(=O)O.O[Si](O)(O)O.[KH].